The third kappa shape index (κ3) is 3.93. The second-order valence-corrected chi connectivity index (χ2v) is 6.25. The molecule has 1 rings (SSSR count). The molecule has 0 heterocycles. The maximum atomic E-state index is 12.1. The average molecular weight is 285 g/mol. The average Bonchev–Trinajstić information content (AvgIpc) is 2.38. The number of nitrogens with one attached hydrogen (secondary N) is 2. The molecule has 106 valence electrons. The van der Waals surface area contributed by atoms with E-state index in [1.54, 1.807) is 25.2 Å². The van der Waals surface area contributed by atoms with E-state index in [0.717, 1.165) is 4.31 Å². The van der Waals surface area contributed by atoms with Crippen molar-refractivity contribution in [3.63, 3.8) is 0 Å². The predicted molar refractivity (Wildman–Crippen MR) is 74.5 cm³/mol. The number of amides is 1. The van der Waals surface area contributed by atoms with E-state index in [4.69, 9.17) is 0 Å². The highest BCUT2D eigenvalue weighted by atomic mass is 32.2. The summed E-state index contributed by atoms with van der Waals surface area (Å²) in [7, 11) is 1.03. The Morgan fingerprint density at radius 1 is 1.26 bits per heavy atom. The van der Waals surface area contributed by atoms with Crippen LogP contribution in [0.2, 0.25) is 0 Å². The normalized spacial score (nSPS) is 11.4. The molecule has 0 spiro atoms. The minimum atomic E-state index is -3.49. The summed E-state index contributed by atoms with van der Waals surface area (Å²) in [5.74, 6) is -0.0968. The van der Waals surface area contributed by atoms with Crippen LogP contribution in [-0.4, -0.2) is 46.3 Å². The lowest BCUT2D eigenvalue weighted by Crippen LogP contribution is -2.24. The number of carbonyl (C=O) groups excluding carboxylic acids is 1. The summed E-state index contributed by atoms with van der Waals surface area (Å²) in [6.07, 6.45) is 0.285. The number of benzene rings is 1. The fraction of sp³-hybridized carbons (Fsp3) is 0.417. The number of para-hydroxylation sites is 1. The zero-order chi connectivity index (χ0) is 14.5. The molecule has 0 aliphatic rings. The van der Waals surface area contributed by atoms with Gasteiger partial charge in [-0.25, -0.2) is 12.7 Å². The standard InChI is InChI=1S/C12H19N3O3S/c1-13-12(16)8-9-14-10-6-4-5-7-11(10)19(17,18)15(2)3/h4-7,14H,8-9H2,1-3H3,(H,13,16). The van der Waals surface area contributed by atoms with E-state index in [-0.39, 0.29) is 17.2 Å². The Bertz CT molecular complexity index is 541. The summed E-state index contributed by atoms with van der Waals surface area (Å²) in [6, 6.07) is 6.63. The lowest BCUT2D eigenvalue weighted by atomic mass is 10.3. The van der Waals surface area contributed by atoms with E-state index in [9.17, 15) is 13.2 Å². The maximum absolute atomic E-state index is 12.1. The minimum absolute atomic E-state index is 0.0968. The monoisotopic (exact) mass is 285 g/mol. The molecule has 0 aliphatic carbocycles. The number of hydrogen-bond donors (Lipinski definition) is 2. The van der Waals surface area contributed by atoms with Gasteiger partial charge in [0.15, 0.2) is 0 Å². The zero-order valence-corrected chi connectivity index (χ0v) is 12.1. The van der Waals surface area contributed by atoms with Crippen LogP contribution in [0.15, 0.2) is 29.2 Å². The first-order chi connectivity index (χ1) is 8.89. The van der Waals surface area contributed by atoms with Gasteiger partial charge >= 0.3 is 0 Å². The van der Waals surface area contributed by atoms with Gasteiger partial charge in [0.2, 0.25) is 15.9 Å². The molecule has 0 saturated heterocycles. The molecule has 1 amide bonds. The molecule has 0 atom stereocenters. The molecule has 1 aromatic carbocycles. The molecule has 0 radical (unpaired) electrons. The van der Waals surface area contributed by atoms with Gasteiger partial charge in [0.05, 0.1) is 5.69 Å². The van der Waals surface area contributed by atoms with Crippen LogP contribution in [0.25, 0.3) is 0 Å². The third-order valence-corrected chi connectivity index (χ3v) is 4.47. The molecule has 0 bridgehead atoms. The smallest absolute Gasteiger partial charge is 0.244 e. The van der Waals surface area contributed by atoms with Crippen molar-refractivity contribution in [2.45, 2.75) is 11.3 Å². The first kappa shape index (κ1) is 15.5. The molecule has 19 heavy (non-hydrogen) atoms. The van der Waals surface area contributed by atoms with Crippen molar-refractivity contribution in [1.82, 2.24) is 9.62 Å². The van der Waals surface area contributed by atoms with Gasteiger partial charge in [0, 0.05) is 34.1 Å². The number of nitrogens with zero attached hydrogens (tertiary/aromatic N) is 1. The minimum Gasteiger partial charge on any atom is -0.383 e. The van der Waals surface area contributed by atoms with Crippen molar-refractivity contribution in [3.05, 3.63) is 24.3 Å². The summed E-state index contributed by atoms with van der Waals surface area (Å²) < 4.78 is 25.4. The molecule has 0 saturated carbocycles. The molecule has 0 aliphatic heterocycles. The van der Waals surface area contributed by atoms with E-state index in [1.165, 1.54) is 20.2 Å². The Labute approximate surface area is 113 Å². The number of hydrogen-bond acceptors (Lipinski definition) is 4. The van der Waals surface area contributed by atoms with E-state index < -0.39 is 10.0 Å². The van der Waals surface area contributed by atoms with Gasteiger partial charge in [-0.2, -0.15) is 0 Å². The topological polar surface area (TPSA) is 78.5 Å². The van der Waals surface area contributed by atoms with Gasteiger partial charge in [0.25, 0.3) is 0 Å². The highest BCUT2D eigenvalue weighted by molar-refractivity contribution is 7.89. The van der Waals surface area contributed by atoms with E-state index in [1.807, 2.05) is 0 Å². The Kier molecular flexibility index (Phi) is 5.31. The highest BCUT2D eigenvalue weighted by Crippen LogP contribution is 2.22. The predicted octanol–water partition coefficient (Wildman–Crippen LogP) is 0.485. The van der Waals surface area contributed by atoms with Crippen molar-refractivity contribution >= 4 is 21.6 Å². The SMILES string of the molecule is CNC(=O)CCNc1ccccc1S(=O)(=O)N(C)C. The lowest BCUT2D eigenvalue weighted by Gasteiger charge is -2.16. The van der Waals surface area contributed by atoms with Crippen LogP contribution in [0.1, 0.15) is 6.42 Å². The lowest BCUT2D eigenvalue weighted by molar-refractivity contribution is -0.120. The molecule has 6 nitrogen and oxygen atoms in total. The summed E-state index contributed by atoms with van der Waals surface area (Å²) in [5.41, 5.74) is 0.500. The van der Waals surface area contributed by atoms with Crippen molar-refractivity contribution in [2.24, 2.45) is 0 Å². The molecular formula is C12H19N3O3S. The van der Waals surface area contributed by atoms with E-state index in [0.29, 0.717) is 12.2 Å². The molecule has 0 fully saturated rings. The van der Waals surface area contributed by atoms with Gasteiger partial charge in [-0.1, -0.05) is 12.1 Å². The molecular weight excluding hydrogens is 266 g/mol. The Hall–Kier alpha value is -1.60. The molecule has 1 aromatic rings. The Morgan fingerprint density at radius 2 is 1.89 bits per heavy atom. The van der Waals surface area contributed by atoms with Crippen LogP contribution in [0.5, 0.6) is 0 Å². The van der Waals surface area contributed by atoms with Crippen molar-refractivity contribution in [2.75, 3.05) is 33.0 Å². The second-order valence-electron chi connectivity index (χ2n) is 4.13. The second kappa shape index (κ2) is 6.53. The number of carbonyl (C=O) groups is 1. The van der Waals surface area contributed by atoms with Crippen LogP contribution in [0, 0.1) is 0 Å². The molecule has 0 aromatic heterocycles. The van der Waals surface area contributed by atoms with Crippen molar-refractivity contribution in [1.29, 1.82) is 0 Å². The Balaban J connectivity index is 2.89. The van der Waals surface area contributed by atoms with Gasteiger partial charge in [-0.15, -0.1) is 0 Å². The quantitative estimate of drug-likeness (QED) is 0.797. The van der Waals surface area contributed by atoms with Crippen molar-refractivity contribution in [3.8, 4) is 0 Å². The van der Waals surface area contributed by atoms with Crippen LogP contribution >= 0.6 is 0 Å². The van der Waals surface area contributed by atoms with Crippen LogP contribution < -0.4 is 10.6 Å². The Morgan fingerprint density at radius 3 is 2.47 bits per heavy atom. The van der Waals surface area contributed by atoms with Gasteiger partial charge in [-0.3, -0.25) is 4.79 Å². The maximum Gasteiger partial charge on any atom is 0.244 e. The fourth-order valence-corrected chi connectivity index (χ4v) is 2.53. The van der Waals surface area contributed by atoms with Crippen molar-refractivity contribution < 1.29 is 13.2 Å². The summed E-state index contributed by atoms with van der Waals surface area (Å²) >= 11 is 0. The van der Waals surface area contributed by atoms with E-state index >= 15 is 0 Å². The molecule has 0 unspecified atom stereocenters. The highest BCUT2D eigenvalue weighted by Gasteiger charge is 2.20. The van der Waals surface area contributed by atoms with Crippen LogP contribution in [0.3, 0.4) is 0 Å². The fourth-order valence-electron chi connectivity index (χ4n) is 1.47. The van der Waals surface area contributed by atoms with Crippen LogP contribution in [-0.2, 0) is 14.8 Å². The summed E-state index contributed by atoms with van der Waals surface area (Å²) in [5, 5.41) is 5.48. The third-order valence-electron chi connectivity index (χ3n) is 2.59. The van der Waals surface area contributed by atoms with E-state index in [2.05, 4.69) is 10.6 Å². The van der Waals surface area contributed by atoms with Gasteiger partial charge in [-0.05, 0) is 12.1 Å². The van der Waals surface area contributed by atoms with Crippen LogP contribution in [0.4, 0.5) is 5.69 Å². The zero-order valence-electron chi connectivity index (χ0n) is 11.3. The summed E-state index contributed by atoms with van der Waals surface area (Å²) in [6.45, 7) is 0.375. The van der Waals surface area contributed by atoms with Gasteiger partial charge in [0.1, 0.15) is 4.90 Å². The van der Waals surface area contributed by atoms with Gasteiger partial charge < -0.3 is 10.6 Å². The molecule has 2 N–H and O–H groups in total. The number of sulfonamides is 1. The first-order valence-electron chi connectivity index (χ1n) is 5.85. The molecule has 7 heteroatoms. The number of rotatable bonds is 6. The number of anilines is 1. The first-order valence-corrected chi connectivity index (χ1v) is 7.29. The summed E-state index contributed by atoms with van der Waals surface area (Å²) in [4.78, 5) is 11.3. The largest absolute Gasteiger partial charge is 0.383 e.